The number of rotatable bonds is 0. The minimum atomic E-state index is 0. The van der Waals surface area contributed by atoms with Crippen LogP contribution >= 0.6 is 0 Å². The third kappa shape index (κ3) is 1.89. The molecule has 2 N–H and O–H groups in total. The summed E-state index contributed by atoms with van der Waals surface area (Å²) in [5.41, 5.74) is 5.32. The largest absolute Gasteiger partial charge is 0.460 e. The molecule has 0 bridgehead atoms. The van der Waals surface area contributed by atoms with E-state index in [-0.39, 0.29) is 5.48 Å². The van der Waals surface area contributed by atoms with E-state index in [9.17, 15) is 0 Å². The minimum Gasteiger partial charge on any atom is -0.460 e. The fraction of sp³-hybridized carbons (Fsp3) is 0.167. The standard InChI is InChI=1S/C18H15O2.H2O/c1-10-4-6-15-14(8-10)17-16(20-15)7-5-11(2)13-9-12(3)19-18(13)17;/h4-9H,1-3H3;1H2/q+1;. The van der Waals surface area contributed by atoms with Crippen LogP contribution < -0.4 is 0 Å². The zero-order valence-corrected chi connectivity index (χ0v) is 12.3. The van der Waals surface area contributed by atoms with E-state index in [0.29, 0.717) is 0 Å². The van der Waals surface area contributed by atoms with Crippen LogP contribution in [0.3, 0.4) is 0 Å². The molecule has 0 atom stereocenters. The van der Waals surface area contributed by atoms with Gasteiger partial charge in [0, 0.05) is 17.5 Å². The third-order valence-electron chi connectivity index (χ3n) is 3.86. The first-order valence-corrected chi connectivity index (χ1v) is 6.79. The highest BCUT2D eigenvalue weighted by atomic mass is 16.4. The SMILES string of the molecule is Cc1ccc2[o+]c3ccc(C)c4cc(C)oc4c-3c2c1.O. The molecule has 106 valence electrons. The Labute approximate surface area is 122 Å². The van der Waals surface area contributed by atoms with Crippen molar-refractivity contribution < 1.29 is 14.3 Å². The highest BCUT2D eigenvalue weighted by molar-refractivity contribution is 6.07. The van der Waals surface area contributed by atoms with Crippen LogP contribution in [0.15, 0.2) is 45.2 Å². The average molecular weight is 281 g/mol. The van der Waals surface area contributed by atoms with E-state index >= 15 is 0 Å². The van der Waals surface area contributed by atoms with Gasteiger partial charge in [-0.25, -0.2) is 4.42 Å². The zero-order chi connectivity index (χ0) is 13.9. The van der Waals surface area contributed by atoms with Gasteiger partial charge < -0.3 is 9.89 Å². The molecular weight excluding hydrogens is 264 g/mol. The molecule has 0 spiro atoms. The van der Waals surface area contributed by atoms with Crippen molar-refractivity contribution in [3.63, 3.8) is 0 Å². The molecular formula is C18H17O3+. The first-order valence-electron chi connectivity index (χ1n) is 6.79. The molecule has 2 aliphatic rings. The van der Waals surface area contributed by atoms with Crippen LogP contribution in [0.2, 0.25) is 0 Å². The minimum absolute atomic E-state index is 0. The Kier molecular flexibility index (Phi) is 2.96. The lowest BCUT2D eigenvalue weighted by atomic mass is 10.1. The van der Waals surface area contributed by atoms with Gasteiger partial charge in [-0.3, -0.25) is 0 Å². The zero-order valence-electron chi connectivity index (χ0n) is 12.3. The molecule has 0 amide bonds. The maximum absolute atomic E-state index is 5.98. The summed E-state index contributed by atoms with van der Waals surface area (Å²) in [6.07, 6.45) is 0. The molecule has 0 radical (unpaired) electrons. The van der Waals surface area contributed by atoms with Gasteiger partial charge in [0.2, 0.25) is 0 Å². The fourth-order valence-electron chi connectivity index (χ4n) is 2.87. The normalized spacial score (nSPS) is 11.2. The fourth-order valence-corrected chi connectivity index (χ4v) is 2.87. The van der Waals surface area contributed by atoms with E-state index in [1.54, 1.807) is 0 Å². The van der Waals surface area contributed by atoms with Gasteiger partial charge >= 0.3 is 11.3 Å². The summed E-state index contributed by atoms with van der Waals surface area (Å²) in [7, 11) is 0. The van der Waals surface area contributed by atoms with Gasteiger partial charge in [0.25, 0.3) is 0 Å². The van der Waals surface area contributed by atoms with E-state index < -0.39 is 0 Å². The molecule has 2 aromatic rings. The number of aryl methyl sites for hydroxylation is 3. The van der Waals surface area contributed by atoms with E-state index in [1.807, 2.05) is 19.1 Å². The van der Waals surface area contributed by atoms with Gasteiger partial charge in [0.1, 0.15) is 16.7 Å². The van der Waals surface area contributed by atoms with Crippen molar-refractivity contribution in [2.45, 2.75) is 20.8 Å². The average Bonchev–Trinajstić information content (AvgIpc) is 2.92. The van der Waals surface area contributed by atoms with Crippen molar-refractivity contribution in [3.05, 3.63) is 53.3 Å². The summed E-state index contributed by atoms with van der Waals surface area (Å²) >= 11 is 0. The summed E-state index contributed by atoms with van der Waals surface area (Å²) < 4.78 is 11.9. The van der Waals surface area contributed by atoms with Crippen molar-refractivity contribution in [2.24, 2.45) is 0 Å². The van der Waals surface area contributed by atoms with Gasteiger partial charge in [-0.05, 0) is 56.2 Å². The highest BCUT2D eigenvalue weighted by Crippen LogP contribution is 2.40. The van der Waals surface area contributed by atoms with E-state index in [1.165, 1.54) is 11.1 Å². The van der Waals surface area contributed by atoms with Crippen molar-refractivity contribution in [3.8, 4) is 11.3 Å². The lowest BCUT2D eigenvalue weighted by Gasteiger charge is -1.90. The first kappa shape index (κ1) is 13.6. The quantitative estimate of drug-likeness (QED) is 0.440. The van der Waals surface area contributed by atoms with Gasteiger partial charge in [-0.15, -0.1) is 0 Å². The van der Waals surface area contributed by atoms with Crippen LogP contribution in [-0.2, 0) is 0 Å². The number of hydrogen-bond donors (Lipinski definition) is 0. The molecule has 1 aliphatic carbocycles. The molecule has 0 saturated carbocycles. The van der Waals surface area contributed by atoms with Crippen molar-refractivity contribution in [2.75, 3.05) is 0 Å². The van der Waals surface area contributed by atoms with E-state index in [0.717, 1.165) is 39.0 Å². The number of benzene rings is 1. The van der Waals surface area contributed by atoms with Gasteiger partial charge in [0.05, 0.1) is 0 Å². The van der Waals surface area contributed by atoms with E-state index in [4.69, 9.17) is 8.83 Å². The number of furan rings is 2. The Hall–Kier alpha value is -2.39. The van der Waals surface area contributed by atoms with Crippen LogP contribution in [0.25, 0.3) is 33.3 Å². The molecule has 3 heteroatoms. The summed E-state index contributed by atoms with van der Waals surface area (Å²) in [6.45, 7) is 6.18. The molecule has 1 aliphatic heterocycles. The topological polar surface area (TPSA) is 55.9 Å². The van der Waals surface area contributed by atoms with Crippen LogP contribution in [0.1, 0.15) is 16.9 Å². The van der Waals surface area contributed by atoms with Crippen LogP contribution in [0.5, 0.6) is 0 Å². The predicted octanol–water partition coefficient (Wildman–Crippen LogP) is 4.67. The second-order valence-corrected chi connectivity index (χ2v) is 5.46. The molecule has 1 aromatic heterocycles. The Balaban J connectivity index is 0.00000132. The second kappa shape index (κ2) is 4.57. The molecule has 21 heavy (non-hydrogen) atoms. The summed E-state index contributed by atoms with van der Waals surface area (Å²) in [5, 5.41) is 2.27. The predicted molar refractivity (Wildman–Crippen MR) is 84.8 cm³/mol. The van der Waals surface area contributed by atoms with Gasteiger partial charge in [-0.2, -0.15) is 0 Å². The van der Waals surface area contributed by atoms with Crippen molar-refractivity contribution in [1.82, 2.24) is 0 Å². The Morgan fingerprint density at radius 2 is 1.71 bits per heavy atom. The molecule has 0 saturated heterocycles. The van der Waals surface area contributed by atoms with E-state index in [2.05, 4.69) is 38.1 Å². The van der Waals surface area contributed by atoms with Crippen LogP contribution in [-0.4, -0.2) is 5.48 Å². The summed E-state index contributed by atoms with van der Waals surface area (Å²) in [4.78, 5) is 0. The Morgan fingerprint density at radius 1 is 0.905 bits per heavy atom. The Bertz CT molecular complexity index is 934. The first-order chi connectivity index (χ1) is 9.63. The summed E-state index contributed by atoms with van der Waals surface area (Å²) in [5.74, 6) is 1.80. The van der Waals surface area contributed by atoms with Crippen LogP contribution in [0, 0.1) is 20.8 Å². The maximum atomic E-state index is 5.98. The molecule has 0 unspecified atom stereocenters. The van der Waals surface area contributed by atoms with Crippen LogP contribution in [0.4, 0.5) is 0 Å². The third-order valence-corrected chi connectivity index (χ3v) is 3.86. The lowest BCUT2D eigenvalue weighted by molar-refractivity contribution is 0.577. The molecule has 3 nitrogen and oxygen atoms in total. The van der Waals surface area contributed by atoms with Crippen molar-refractivity contribution >= 4 is 21.9 Å². The summed E-state index contributed by atoms with van der Waals surface area (Å²) in [6, 6.07) is 12.5. The molecule has 1 aromatic carbocycles. The lowest BCUT2D eigenvalue weighted by Crippen LogP contribution is -1.73. The molecule has 2 heterocycles. The number of hydrogen-bond acceptors (Lipinski definition) is 1. The molecule has 0 fully saturated rings. The monoisotopic (exact) mass is 281 g/mol. The Morgan fingerprint density at radius 3 is 2.52 bits per heavy atom. The molecule has 4 rings (SSSR count). The van der Waals surface area contributed by atoms with Gasteiger partial charge in [-0.1, -0.05) is 0 Å². The van der Waals surface area contributed by atoms with Gasteiger partial charge in [0.15, 0.2) is 5.58 Å². The smallest absolute Gasteiger partial charge is 0.365 e. The number of fused-ring (bicyclic) bond motifs is 5. The highest BCUT2D eigenvalue weighted by Gasteiger charge is 2.28. The maximum Gasteiger partial charge on any atom is 0.365 e. The van der Waals surface area contributed by atoms with Crippen molar-refractivity contribution in [1.29, 1.82) is 0 Å². The second-order valence-electron chi connectivity index (χ2n) is 5.46.